The molecule has 0 atom stereocenters. The summed E-state index contributed by atoms with van der Waals surface area (Å²) in [4.78, 5) is 24.6. The molecular weight excluding hydrogens is 258 g/mol. The Morgan fingerprint density at radius 2 is 1.70 bits per heavy atom. The highest BCUT2D eigenvalue weighted by Crippen LogP contribution is 2.29. The van der Waals surface area contributed by atoms with Crippen LogP contribution in [0.4, 0.5) is 4.79 Å². The highest BCUT2D eigenvalue weighted by atomic mass is 16.6. The first-order valence-electron chi connectivity index (χ1n) is 7.78. The molecule has 5 heteroatoms. The lowest BCUT2D eigenvalue weighted by Crippen LogP contribution is -2.42. The SMILES string of the molecule is CCC1CCC(OC(=O)N2CCC(C(=O)O)CC2)CC1. The number of carboxylic acid groups (broad SMARTS) is 1. The van der Waals surface area contributed by atoms with Crippen LogP contribution in [0.25, 0.3) is 0 Å². The molecule has 1 aliphatic carbocycles. The van der Waals surface area contributed by atoms with Gasteiger partial charge in [0.05, 0.1) is 5.92 Å². The molecule has 2 aliphatic rings. The van der Waals surface area contributed by atoms with Crippen LogP contribution in [0.1, 0.15) is 51.9 Å². The summed E-state index contributed by atoms with van der Waals surface area (Å²) in [6.45, 7) is 3.21. The van der Waals surface area contributed by atoms with E-state index >= 15 is 0 Å². The Balaban J connectivity index is 1.72. The summed E-state index contributed by atoms with van der Waals surface area (Å²) in [6.07, 6.45) is 6.32. The predicted molar refractivity (Wildman–Crippen MR) is 74.5 cm³/mol. The minimum absolute atomic E-state index is 0.0579. The summed E-state index contributed by atoms with van der Waals surface area (Å²) < 4.78 is 5.56. The smallest absolute Gasteiger partial charge is 0.410 e. The van der Waals surface area contributed by atoms with Gasteiger partial charge in [-0.15, -0.1) is 0 Å². The summed E-state index contributed by atoms with van der Waals surface area (Å²) in [5.74, 6) is -0.272. The van der Waals surface area contributed by atoms with Gasteiger partial charge in [-0.3, -0.25) is 4.79 Å². The van der Waals surface area contributed by atoms with Crippen LogP contribution >= 0.6 is 0 Å². The number of aliphatic carboxylic acids is 1. The van der Waals surface area contributed by atoms with E-state index in [0.29, 0.717) is 25.9 Å². The maximum absolute atomic E-state index is 12.1. The van der Waals surface area contributed by atoms with Gasteiger partial charge in [-0.2, -0.15) is 0 Å². The fourth-order valence-corrected chi connectivity index (χ4v) is 3.18. The van der Waals surface area contributed by atoms with Crippen molar-refractivity contribution in [2.45, 2.75) is 58.0 Å². The maximum Gasteiger partial charge on any atom is 0.410 e. The molecule has 1 aliphatic heterocycles. The summed E-state index contributed by atoms with van der Waals surface area (Å²) in [6, 6.07) is 0. The van der Waals surface area contributed by atoms with Crippen LogP contribution in [-0.4, -0.2) is 41.3 Å². The second-order valence-corrected chi connectivity index (χ2v) is 6.03. The summed E-state index contributed by atoms with van der Waals surface area (Å²) >= 11 is 0. The normalized spacial score (nSPS) is 28.1. The lowest BCUT2D eigenvalue weighted by molar-refractivity contribution is -0.143. The van der Waals surface area contributed by atoms with Gasteiger partial charge in [0.25, 0.3) is 0 Å². The van der Waals surface area contributed by atoms with E-state index in [9.17, 15) is 9.59 Å². The van der Waals surface area contributed by atoms with Gasteiger partial charge in [0.2, 0.25) is 0 Å². The summed E-state index contributed by atoms with van der Waals surface area (Å²) in [5.41, 5.74) is 0. The third-order valence-electron chi connectivity index (χ3n) is 4.74. The van der Waals surface area contributed by atoms with Crippen molar-refractivity contribution in [1.82, 2.24) is 4.90 Å². The number of ether oxygens (including phenoxy) is 1. The van der Waals surface area contributed by atoms with Crippen LogP contribution in [0.3, 0.4) is 0 Å². The number of likely N-dealkylation sites (tertiary alicyclic amines) is 1. The highest BCUT2D eigenvalue weighted by Gasteiger charge is 2.30. The van der Waals surface area contributed by atoms with E-state index in [2.05, 4.69) is 6.92 Å². The van der Waals surface area contributed by atoms with Crippen molar-refractivity contribution in [3.05, 3.63) is 0 Å². The zero-order valence-electron chi connectivity index (χ0n) is 12.2. The molecule has 2 fully saturated rings. The molecule has 1 N–H and O–H groups in total. The number of carbonyl (C=O) groups is 2. The first-order valence-corrected chi connectivity index (χ1v) is 7.78. The van der Waals surface area contributed by atoms with Gasteiger partial charge in [0.15, 0.2) is 0 Å². The second kappa shape index (κ2) is 6.95. The van der Waals surface area contributed by atoms with Crippen LogP contribution in [0.5, 0.6) is 0 Å². The summed E-state index contributed by atoms with van der Waals surface area (Å²) in [5, 5.41) is 8.94. The molecule has 1 heterocycles. The van der Waals surface area contributed by atoms with Crippen molar-refractivity contribution in [3.63, 3.8) is 0 Å². The van der Waals surface area contributed by atoms with Crippen LogP contribution in [0.15, 0.2) is 0 Å². The van der Waals surface area contributed by atoms with E-state index in [1.54, 1.807) is 4.90 Å². The van der Waals surface area contributed by atoms with Crippen LogP contribution in [-0.2, 0) is 9.53 Å². The van der Waals surface area contributed by atoms with Crippen molar-refractivity contribution in [2.75, 3.05) is 13.1 Å². The number of hydrogen-bond donors (Lipinski definition) is 1. The van der Waals surface area contributed by atoms with Crippen molar-refractivity contribution in [2.24, 2.45) is 11.8 Å². The molecule has 0 aromatic carbocycles. The lowest BCUT2D eigenvalue weighted by atomic mass is 9.86. The van der Waals surface area contributed by atoms with Gasteiger partial charge < -0.3 is 14.7 Å². The van der Waals surface area contributed by atoms with Gasteiger partial charge in [0.1, 0.15) is 6.10 Å². The third-order valence-corrected chi connectivity index (χ3v) is 4.74. The van der Waals surface area contributed by atoms with Crippen molar-refractivity contribution >= 4 is 12.1 Å². The molecule has 0 radical (unpaired) electrons. The van der Waals surface area contributed by atoms with E-state index in [4.69, 9.17) is 9.84 Å². The molecular formula is C15H25NO4. The Hall–Kier alpha value is -1.26. The fraction of sp³-hybridized carbons (Fsp3) is 0.867. The Bertz CT molecular complexity index is 342. The molecule has 0 unspecified atom stereocenters. The molecule has 5 nitrogen and oxygen atoms in total. The Labute approximate surface area is 120 Å². The minimum atomic E-state index is -0.754. The Morgan fingerprint density at radius 1 is 1.10 bits per heavy atom. The average Bonchev–Trinajstić information content (AvgIpc) is 2.48. The lowest BCUT2D eigenvalue weighted by Gasteiger charge is -2.33. The number of piperidine rings is 1. The zero-order valence-corrected chi connectivity index (χ0v) is 12.2. The van der Waals surface area contributed by atoms with Gasteiger partial charge in [-0.05, 0) is 44.4 Å². The minimum Gasteiger partial charge on any atom is -0.481 e. The largest absolute Gasteiger partial charge is 0.481 e. The maximum atomic E-state index is 12.1. The number of carboxylic acids is 1. The van der Waals surface area contributed by atoms with Crippen LogP contribution in [0, 0.1) is 11.8 Å². The molecule has 0 aromatic rings. The number of amides is 1. The summed E-state index contributed by atoms with van der Waals surface area (Å²) in [7, 11) is 0. The number of carbonyl (C=O) groups excluding carboxylic acids is 1. The van der Waals surface area contributed by atoms with Gasteiger partial charge in [-0.25, -0.2) is 4.79 Å². The highest BCUT2D eigenvalue weighted by molar-refractivity contribution is 5.71. The molecule has 114 valence electrons. The van der Waals surface area contributed by atoms with E-state index in [-0.39, 0.29) is 18.1 Å². The number of hydrogen-bond acceptors (Lipinski definition) is 3. The molecule has 2 rings (SSSR count). The fourth-order valence-electron chi connectivity index (χ4n) is 3.18. The first kappa shape index (κ1) is 15.1. The molecule has 0 bridgehead atoms. The molecule has 0 spiro atoms. The van der Waals surface area contributed by atoms with Gasteiger partial charge in [-0.1, -0.05) is 13.3 Å². The van der Waals surface area contributed by atoms with Crippen LogP contribution < -0.4 is 0 Å². The van der Waals surface area contributed by atoms with Crippen molar-refractivity contribution < 1.29 is 19.4 Å². The molecule has 20 heavy (non-hydrogen) atoms. The van der Waals surface area contributed by atoms with E-state index < -0.39 is 5.97 Å². The zero-order chi connectivity index (χ0) is 14.5. The number of rotatable bonds is 3. The Morgan fingerprint density at radius 3 is 2.20 bits per heavy atom. The average molecular weight is 283 g/mol. The van der Waals surface area contributed by atoms with E-state index in [1.165, 1.54) is 6.42 Å². The third kappa shape index (κ3) is 3.87. The van der Waals surface area contributed by atoms with Crippen LogP contribution in [0.2, 0.25) is 0 Å². The molecule has 1 amide bonds. The van der Waals surface area contributed by atoms with Crippen molar-refractivity contribution in [3.8, 4) is 0 Å². The quantitative estimate of drug-likeness (QED) is 0.864. The van der Waals surface area contributed by atoms with Gasteiger partial charge in [0, 0.05) is 13.1 Å². The topological polar surface area (TPSA) is 66.8 Å². The molecule has 1 saturated carbocycles. The molecule has 0 aromatic heterocycles. The first-order chi connectivity index (χ1) is 9.60. The Kier molecular flexibility index (Phi) is 5.26. The monoisotopic (exact) mass is 283 g/mol. The number of nitrogens with zero attached hydrogens (tertiary/aromatic N) is 1. The van der Waals surface area contributed by atoms with E-state index in [1.807, 2.05) is 0 Å². The van der Waals surface area contributed by atoms with Gasteiger partial charge >= 0.3 is 12.1 Å². The second-order valence-electron chi connectivity index (χ2n) is 6.03. The van der Waals surface area contributed by atoms with Crippen molar-refractivity contribution in [1.29, 1.82) is 0 Å². The standard InChI is InChI=1S/C15H25NO4/c1-2-11-3-5-13(6-4-11)20-15(19)16-9-7-12(8-10-16)14(17)18/h11-13H,2-10H2,1H3,(H,17,18). The molecule has 1 saturated heterocycles. The van der Waals surface area contributed by atoms with E-state index in [0.717, 1.165) is 31.6 Å². The predicted octanol–water partition coefficient (Wildman–Crippen LogP) is 2.89.